The lowest BCUT2D eigenvalue weighted by atomic mass is 9.86. The van der Waals surface area contributed by atoms with Crippen LogP contribution in [-0.2, 0) is 14.3 Å². The standard InChI is InChI=1S/C16H26N2O5/c19-15(20)11-3-5-12(6-4-11)17-16(21)18-7-9-22-10-13(18)14-2-1-8-23-14/h11-14H,1-10H2,(H,17,21)(H,19,20). The Bertz CT molecular complexity index is 430. The number of carboxylic acids is 1. The van der Waals surface area contributed by atoms with Crippen molar-refractivity contribution in [3.05, 3.63) is 0 Å². The molecule has 2 saturated heterocycles. The van der Waals surface area contributed by atoms with Gasteiger partial charge < -0.3 is 24.8 Å². The van der Waals surface area contributed by atoms with E-state index in [1.54, 1.807) is 0 Å². The molecule has 2 heterocycles. The average molecular weight is 326 g/mol. The van der Waals surface area contributed by atoms with Crippen LogP contribution in [0, 0.1) is 5.92 Å². The highest BCUT2D eigenvalue weighted by Gasteiger charge is 2.37. The Balaban J connectivity index is 1.53. The molecule has 2 N–H and O–H groups in total. The maximum atomic E-state index is 12.6. The average Bonchev–Trinajstić information content (AvgIpc) is 3.09. The molecule has 0 aromatic heterocycles. The first-order valence-corrected chi connectivity index (χ1v) is 8.64. The lowest BCUT2D eigenvalue weighted by molar-refractivity contribution is -0.142. The van der Waals surface area contributed by atoms with Gasteiger partial charge in [-0.05, 0) is 38.5 Å². The summed E-state index contributed by atoms with van der Waals surface area (Å²) < 4.78 is 11.3. The Morgan fingerprint density at radius 1 is 1.09 bits per heavy atom. The molecule has 2 amide bonds. The van der Waals surface area contributed by atoms with E-state index in [0.29, 0.717) is 32.6 Å². The fourth-order valence-corrected chi connectivity index (χ4v) is 3.83. The van der Waals surface area contributed by atoms with E-state index in [9.17, 15) is 9.59 Å². The maximum absolute atomic E-state index is 12.6. The number of carbonyl (C=O) groups excluding carboxylic acids is 1. The number of carbonyl (C=O) groups is 2. The molecule has 0 bridgehead atoms. The van der Waals surface area contributed by atoms with Gasteiger partial charge in [0.25, 0.3) is 0 Å². The highest BCUT2D eigenvalue weighted by molar-refractivity contribution is 5.75. The number of hydrogen-bond donors (Lipinski definition) is 2. The number of ether oxygens (including phenoxy) is 2. The second kappa shape index (κ2) is 7.49. The summed E-state index contributed by atoms with van der Waals surface area (Å²) in [6.45, 7) is 2.43. The SMILES string of the molecule is O=C(O)C1CCC(NC(=O)N2CCOCC2C2CCCO2)CC1. The Labute approximate surface area is 136 Å². The second-order valence-corrected chi connectivity index (χ2v) is 6.72. The minimum absolute atomic E-state index is 0.0124. The van der Waals surface area contributed by atoms with Crippen molar-refractivity contribution in [2.75, 3.05) is 26.4 Å². The van der Waals surface area contributed by atoms with Gasteiger partial charge in [0.15, 0.2) is 0 Å². The summed E-state index contributed by atoms with van der Waals surface area (Å²) >= 11 is 0. The van der Waals surface area contributed by atoms with Crippen LogP contribution < -0.4 is 5.32 Å². The molecule has 3 fully saturated rings. The van der Waals surface area contributed by atoms with Crippen LogP contribution in [0.5, 0.6) is 0 Å². The highest BCUT2D eigenvalue weighted by atomic mass is 16.5. The van der Waals surface area contributed by atoms with Crippen molar-refractivity contribution in [1.29, 1.82) is 0 Å². The summed E-state index contributed by atoms with van der Waals surface area (Å²) in [4.78, 5) is 25.5. The predicted octanol–water partition coefficient (Wildman–Crippen LogP) is 1.22. The Morgan fingerprint density at radius 2 is 1.87 bits per heavy atom. The van der Waals surface area contributed by atoms with E-state index < -0.39 is 5.97 Å². The molecule has 130 valence electrons. The smallest absolute Gasteiger partial charge is 0.318 e. The summed E-state index contributed by atoms with van der Waals surface area (Å²) in [5, 5.41) is 12.1. The van der Waals surface area contributed by atoms with E-state index in [4.69, 9.17) is 14.6 Å². The van der Waals surface area contributed by atoms with Crippen molar-refractivity contribution in [2.45, 2.75) is 56.7 Å². The van der Waals surface area contributed by atoms with Gasteiger partial charge in [-0.3, -0.25) is 4.79 Å². The summed E-state index contributed by atoms with van der Waals surface area (Å²) in [7, 11) is 0. The van der Waals surface area contributed by atoms with Crippen molar-refractivity contribution >= 4 is 12.0 Å². The number of urea groups is 1. The minimum Gasteiger partial charge on any atom is -0.481 e. The van der Waals surface area contributed by atoms with Crippen molar-refractivity contribution in [2.24, 2.45) is 5.92 Å². The van der Waals surface area contributed by atoms with Crippen molar-refractivity contribution in [3.63, 3.8) is 0 Å². The molecule has 23 heavy (non-hydrogen) atoms. The summed E-state index contributed by atoms with van der Waals surface area (Å²) in [6, 6.07) is 0.000255. The molecule has 3 aliphatic rings. The molecular formula is C16H26N2O5. The minimum atomic E-state index is -0.721. The molecule has 3 rings (SSSR count). The van der Waals surface area contributed by atoms with E-state index in [1.165, 1.54) is 0 Å². The Morgan fingerprint density at radius 3 is 2.52 bits per heavy atom. The third-order valence-corrected chi connectivity index (χ3v) is 5.22. The summed E-state index contributed by atoms with van der Waals surface area (Å²) in [6.07, 6.45) is 4.83. The monoisotopic (exact) mass is 326 g/mol. The zero-order chi connectivity index (χ0) is 16.2. The zero-order valence-electron chi connectivity index (χ0n) is 13.4. The molecule has 7 heteroatoms. The van der Waals surface area contributed by atoms with Crippen molar-refractivity contribution in [3.8, 4) is 0 Å². The van der Waals surface area contributed by atoms with Crippen LogP contribution >= 0.6 is 0 Å². The molecule has 0 spiro atoms. The van der Waals surface area contributed by atoms with E-state index >= 15 is 0 Å². The largest absolute Gasteiger partial charge is 0.481 e. The molecule has 0 aromatic rings. The lowest BCUT2D eigenvalue weighted by Gasteiger charge is -2.39. The van der Waals surface area contributed by atoms with Gasteiger partial charge in [-0.1, -0.05) is 0 Å². The van der Waals surface area contributed by atoms with E-state index in [-0.39, 0.29) is 30.1 Å². The molecule has 2 aliphatic heterocycles. The third-order valence-electron chi connectivity index (χ3n) is 5.22. The predicted molar refractivity (Wildman–Crippen MR) is 82.2 cm³/mol. The van der Waals surface area contributed by atoms with E-state index in [2.05, 4.69) is 5.32 Å². The van der Waals surface area contributed by atoms with Gasteiger partial charge in [-0.15, -0.1) is 0 Å². The number of nitrogens with one attached hydrogen (secondary N) is 1. The molecule has 0 radical (unpaired) electrons. The van der Waals surface area contributed by atoms with E-state index in [0.717, 1.165) is 32.3 Å². The van der Waals surface area contributed by atoms with E-state index in [1.807, 2.05) is 4.90 Å². The van der Waals surface area contributed by atoms with Gasteiger partial charge in [-0.2, -0.15) is 0 Å². The van der Waals surface area contributed by atoms with Crippen LogP contribution in [0.1, 0.15) is 38.5 Å². The van der Waals surface area contributed by atoms with Crippen LogP contribution in [0.25, 0.3) is 0 Å². The number of hydrogen-bond acceptors (Lipinski definition) is 4. The van der Waals surface area contributed by atoms with Crippen molar-refractivity contribution < 1.29 is 24.2 Å². The maximum Gasteiger partial charge on any atom is 0.318 e. The first kappa shape index (κ1) is 16.5. The molecular weight excluding hydrogens is 300 g/mol. The Kier molecular flexibility index (Phi) is 5.38. The summed E-state index contributed by atoms with van der Waals surface area (Å²) in [5.74, 6) is -0.979. The molecule has 2 unspecified atom stereocenters. The number of amides is 2. The number of aliphatic carboxylic acids is 1. The normalized spacial score (nSPS) is 35.0. The molecule has 7 nitrogen and oxygen atoms in total. The van der Waals surface area contributed by atoms with Crippen LogP contribution in [0.15, 0.2) is 0 Å². The number of rotatable bonds is 3. The van der Waals surface area contributed by atoms with Crippen LogP contribution in [0.4, 0.5) is 4.79 Å². The first-order valence-electron chi connectivity index (χ1n) is 8.64. The molecule has 1 saturated carbocycles. The molecule has 1 aliphatic carbocycles. The third kappa shape index (κ3) is 3.95. The number of morpholine rings is 1. The van der Waals surface area contributed by atoms with Gasteiger partial charge in [0.1, 0.15) is 0 Å². The number of nitrogens with zero attached hydrogens (tertiary/aromatic N) is 1. The van der Waals surface area contributed by atoms with Gasteiger partial charge in [0, 0.05) is 19.2 Å². The topological polar surface area (TPSA) is 88.1 Å². The fraction of sp³-hybridized carbons (Fsp3) is 0.875. The molecule has 0 aromatic carbocycles. The van der Waals surface area contributed by atoms with Crippen LogP contribution in [-0.4, -0.2) is 66.6 Å². The van der Waals surface area contributed by atoms with Gasteiger partial charge >= 0.3 is 12.0 Å². The number of carboxylic acid groups (broad SMARTS) is 1. The van der Waals surface area contributed by atoms with Gasteiger partial charge in [0.05, 0.1) is 31.3 Å². The van der Waals surface area contributed by atoms with Crippen LogP contribution in [0.3, 0.4) is 0 Å². The summed E-state index contributed by atoms with van der Waals surface area (Å²) in [5.41, 5.74) is 0. The van der Waals surface area contributed by atoms with Crippen LogP contribution in [0.2, 0.25) is 0 Å². The highest BCUT2D eigenvalue weighted by Crippen LogP contribution is 2.26. The Hall–Kier alpha value is -1.34. The zero-order valence-corrected chi connectivity index (χ0v) is 13.4. The lowest BCUT2D eigenvalue weighted by Crippen LogP contribution is -2.58. The second-order valence-electron chi connectivity index (χ2n) is 6.72. The first-order chi connectivity index (χ1) is 11.1. The van der Waals surface area contributed by atoms with Crippen molar-refractivity contribution in [1.82, 2.24) is 10.2 Å². The van der Waals surface area contributed by atoms with Gasteiger partial charge in [0.2, 0.25) is 0 Å². The quantitative estimate of drug-likeness (QED) is 0.814. The molecule has 2 atom stereocenters. The fourth-order valence-electron chi connectivity index (χ4n) is 3.83. The van der Waals surface area contributed by atoms with Gasteiger partial charge in [-0.25, -0.2) is 4.79 Å².